The Kier molecular flexibility index (Phi) is 7.70. The maximum absolute atomic E-state index is 6.45. The van der Waals surface area contributed by atoms with Crippen LogP contribution in [0.4, 0.5) is 17.1 Å². The lowest BCUT2D eigenvalue weighted by Crippen LogP contribution is -2.09. The van der Waals surface area contributed by atoms with Crippen molar-refractivity contribution in [2.45, 2.75) is 12.8 Å². The first-order valence-electron chi connectivity index (χ1n) is 21.5. The molecule has 0 radical (unpaired) electrons. The molecule has 4 nitrogen and oxygen atoms in total. The Morgan fingerprint density at radius 1 is 0.403 bits per heavy atom. The lowest BCUT2D eigenvalue weighted by Gasteiger charge is -2.26. The zero-order valence-electron chi connectivity index (χ0n) is 33.9. The first-order chi connectivity index (χ1) is 30.7. The number of aromatic nitrogens is 2. The zero-order valence-corrected chi connectivity index (χ0v) is 33.9. The van der Waals surface area contributed by atoms with E-state index < -0.39 is 0 Å². The van der Waals surface area contributed by atoms with Crippen molar-refractivity contribution in [1.29, 1.82) is 0 Å². The number of furan rings is 1. The van der Waals surface area contributed by atoms with E-state index in [-0.39, 0.29) is 0 Å². The summed E-state index contributed by atoms with van der Waals surface area (Å²) in [5, 5.41) is 7.28. The van der Waals surface area contributed by atoms with E-state index in [1.165, 1.54) is 71.6 Å². The first-order valence-corrected chi connectivity index (χ1v) is 21.5. The van der Waals surface area contributed by atoms with Gasteiger partial charge in [0.15, 0.2) is 0 Å². The van der Waals surface area contributed by atoms with Crippen molar-refractivity contribution in [2.75, 3.05) is 4.90 Å². The number of hydrogen-bond acceptors (Lipinski definition) is 2. The number of rotatable bonds is 6. The van der Waals surface area contributed by atoms with Crippen LogP contribution in [0.5, 0.6) is 0 Å². The molecule has 3 heterocycles. The molecule has 62 heavy (non-hydrogen) atoms. The van der Waals surface area contributed by atoms with Crippen molar-refractivity contribution in [1.82, 2.24) is 9.13 Å². The highest BCUT2D eigenvalue weighted by atomic mass is 16.3. The molecule has 0 aliphatic heterocycles. The Labute approximate surface area is 358 Å². The van der Waals surface area contributed by atoms with Crippen LogP contribution in [-0.4, -0.2) is 9.13 Å². The minimum Gasteiger partial charge on any atom is -0.456 e. The molecule has 0 N–H and O–H groups in total. The van der Waals surface area contributed by atoms with E-state index >= 15 is 0 Å². The second-order valence-corrected chi connectivity index (χ2v) is 16.4. The van der Waals surface area contributed by atoms with E-state index in [2.05, 4.69) is 214 Å². The molecule has 9 aromatic carbocycles. The van der Waals surface area contributed by atoms with Gasteiger partial charge in [0.05, 0.1) is 22.1 Å². The molecule has 0 saturated heterocycles. The van der Waals surface area contributed by atoms with Gasteiger partial charge in [-0.3, -0.25) is 0 Å². The number of anilines is 3. The Morgan fingerprint density at radius 3 is 1.79 bits per heavy atom. The van der Waals surface area contributed by atoms with Crippen molar-refractivity contribution in [3.05, 3.63) is 217 Å². The predicted molar refractivity (Wildman–Crippen MR) is 260 cm³/mol. The van der Waals surface area contributed by atoms with E-state index in [0.29, 0.717) is 0 Å². The summed E-state index contributed by atoms with van der Waals surface area (Å²) in [5.41, 5.74) is 17.3. The molecule has 0 saturated carbocycles. The van der Waals surface area contributed by atoms with Gasteiger partial charge in [0.1, 0.15) is 11.2 Å². The maximum Gasteiger partial charge on any atom is 0.137 e. The fourth-order valence-corrected chi connectivity index (χ4v) is 10.1. The van der Waals surface area contributed by atoms with Gasteiger partial charge in [-0.25, -0.2) is 0 Å². The molecular formula is C58H39N3O. The van der Waals surface area contributed by atoms with Crippen LogP contribution in [0.1, 0.15) is 17.5 Å². The molecule has 13 rings (SSSR count). The standard InChI is InChI=1S/C58H39N3O/c1-2-13-41(14-3-1)60-53-19-9-7-17-48(53)52-36-44(32-35-55(52)60)59(45-31-34-50-49-18-8-11-21-56(49)62-57(50)37-45)42-27-22-38(23-28-42)39-24-29-43(30-25-39)61-54-20-10-6-16-47(54)51-33-26-40-12-4-5-15-46(40)58(51)61/h1-4,6-14,16-37H,5,15H2. The number of fused-ring (bicyclic) bond motifs is 11. The van der Waals surface area contributed by atoms with Gasteiger partial charge in [-0.2, -0.15) is 0 Å². The average molecular weight is 794 g/mol. The van der Waals surface area contributed by atoms with E-state index in [9.17, 15) is 0 Å². The molecule has 0 fully saturated rings. The Hall–Kier alpha value is -8.08. The topological polar surface area (TPSA) is 26.2 Å². The van der Waals surface area contributed by atoms with Gasteiger partial charge in [0, 0.05) is 66.8 Å². The van der Waals surface area contributed by atoms with E-state index in [1.54, 1.807) is 0 Å². The van der Waals surface area contributed by atoms with Crippen molar-refractivity contribution >= 4 is 88.7 Å². The molecule has 0 unspecified atom stereocenters. The Bertz CT molecular complexity index is 3730. The molecule has 1 aliphatic rings. The minimum absolute atomic E-state index is 0.868. The van der Waals surface area contributed by atoms with Crippen molar-refractivity contribution in [3.8, 4) is 22.5 Å². The van der Waals surface area contributed by atoms with Crippen molar-refractivity contribution < 1.29 is 4.42 Å². The van der Waals surface area contributed by atoms with E-state index in [4.69, 9.17) is 4.42 Å². The van der Waals surface area contributed by atoms with Gasteiger partial charge in [-0.1, -0.05) is 121 Å². The quantitative estimate of drug-likeness (QED) is 0.168. The highest BCUT2D eigenvalue weighted by molar-refractivity contribution is 6.12. The third-order valence-electron chi connectivity index (χ3n) is 13.0. The van der Waals surface area contributed by atoms with E-state index in [0.717, 1.165) is 57.5 Å². The van der Waals surface area contributed by atoms with Crippen LogP contribution in [0.25, 0.3) is 94.1 Å². The van der Waals surface area contributed by atoms with Gasteiger partial charge in [0.2, 0.25) is 0 Å². The minimum atomic E-state index is 0.868. The molecule has 0 spiro atoms. The molecule has 0 amide bonds. The maximum atomic E-state index is 6.45. The Morgan fingerprint density at radius 2 is 0.984 bits per heavy atom. The van der Waals surface area contributed by atoms with E-state index in [1.807, 2.05) is 12.1 Å². The third-order valence-corrected chi connectivity index (χ3v) is 13.0. The molecule has 3 aromatic heterocycles. The fourth-order valence-electron chi connectivity index (χ4n) is 10.1. The summed E-state index contributed by atoms with van der Waals surface area (Å²) < 4.78 is 11.3. The van der Waals surface area contributed by atoms with Crippen LogP contribution in [0.15, 0.2) is 211 Å². The van der Waals surface area contributed by atoms with Gasteiger partial charge in [-0.15, -0.1) is 0 Å². The normalized spacial score (nSPS) is 12.6. The van der Waals surface area contributed by atoms with Gasteiger partial charge in [-0.05, 0) is 120 Å². The van der Waals surface area contributed by atoms with Crippen molar-refractivity contribution in [2.24, 2.45) is 0 Å². The number of allylic oxidation sites excluding steroid dienone is 1. The van der Waals surface area contributed by atoms with Gasteiger partial charge >= 0.3 is 0 Å². The predicted octanol–water partition coefficient (Wildman–Crippen LogP) is 15.9. The van der Waals surface area contributed by atoms with Gasteiger partial charge < -0.3 is 18.5 Å². The monoisotopic (exact) mass is 793 g/mol. The molecule has 292 valence electrons. The summed E-state index contributed by atoms with van der Waals surface area (Å²) in [4.78, 5) is 2.35. The van der Waals surface area contributed by atoms with Crippen molar-refractivity contribution in [3.63, 3.8) is 0 Å². The second kappa shape index (κ2) is 13.7. The van der Waals surface area contributed by atoms with Crippen LogP contribution < -0.4 is 4.90 Å². The lowest BCUT2D eigenvalue weighted by molar-refractivity contribution is 0.669. The summed E-state index contributed by atoms with van der Waals surface area (Å²) in [6, 6.07) is 72.6. The first kappa shape index (κ1) is 34.8. The molecule has 1 aliphatic carbocycles. The fraction of sp³-hybridized carbons (Fsp3) is 0.0345. The average Bonchev–Trinajstić information content (AvgIpc) is 4.00. The summed E-state index contributed by atoms with van der Waals surface area (Å²) >= 11 is 0. The largest absolute Gasteiger partial charge is 0.456 e. The number of para-hydroxylation sites is 4. The molecule has 12 aromatic rings. The molecule has 0 bridgehead atoms. The lowest BCUT2D eigenvalue weighted by atomic mass is 9.94. The summed E-state index contributed by atoms with van der Waals surface area (Å²) in [6.45, 7) is 0. The van der Waals surface area contributed by atoms with Crippen LogP contribution >= 0.6 is 0 Å². The van der Waals surface area contributed by atoms with Crippen LogP contribution in [0, 0.1) is 0 Å². The summed E-state index contributed by atoms with van der Waals surface area (Å²) in [6.07, 6.45) is 6.71. The highest BCUT2D eigenvalue weighted by Gasteiger charge is 2.21. The summed E-state index contributed by atoms with van der Waals surface area (Å²) in [5.74, 6) is 0. The molecule has 4 heteroatoms. The zero-order chi connectivity index (χ0) is 40.7. The van der Waals surface area contributed by atoms with Crippen LogP contribution in [0.3, 0.4) is 0 Å². The second-order valence-electron chi connectivity index (χ2n) is 16.4. The Balaban J connectivity index is 0.924. The summed E-state index contributed by atoms with van der Waals surface area (Å²) in [7, 11) is 0. The molecular weight excluding hydrogens is 755 g/mol. The number of benzene rings is 9. The number of aryl methyl sites for hydroxylation is 1. The van der Waals surface area contributed by atoms with Crippen LogP contribution in [-0.2, 0) is 6.42 Å². The SMILES string of the molecule is C1=Cc2ccc3c4ccccc4n(-c4ccc(-c5ccc(N(c6ccc7c(c6)oc6ccccc67)c6ccc7c(c6)c6ccccc6n7-c6ccccc6)cc5)cc4)c3c2CC1. The number of hydrogen-bond donors (Lipinski definition) is 0. The smallest absolute Gasteiger partial charge is 0.137 e. The highest BCUT2D eigenvalue weighted by Crippen LogP contribution is 2.43. The third kappa shape index (κ3) is 5.33. The van der Waals surface area contributed by atoms with Crippen LogP contribution in [0.2, 0.25) is 0 Å². The van der Waals surface area contributed by atoms with Gasteiger partial charge in [0.25, 0.3) is 0 Å². The number of nitrogens with zero attached hydrogens (tertiary/aromatic N) is 3. The molecule has 0 atom stereocenters.